The summed E-state index contributed by atoms with van der Waals surface area (Å²) in [5.74, 6) is 0.727. The highest BCUT2D eigenvalue weighted by molar-refractivity contribution is 5.75. The topological polar surface area (TPSA) is 64.4 Å². The molecule has 102 valence electrons. The number of nitrogens with two attached hydrogens (primary N) is 1. The van der Waals surface area contributed by atoms with E-state index in [2.05, 4.69) is 12.2 Å². The van der Waals surface area contributed by atoms with E-state index in [9.17, 15) is 4.79 Å². The minimum Gasteiger partial charge on any atom is -0.380 e. The van der Waals surface area contributed by atoms with Crippen molar-refractivity contribution in [3.05, 3.63) is 0 Å². The lowest BCUT2D eigenvalue weighted by atomic mass is 9.94. The Bertz CT molecular complexity index is 180. The summed E-state index contributed by atoms with van der Waals surface area (Å²) in [5, 5.41) is 2.86. The maximum atomic E-state index is 11.5. The van der Waals surface area contributed by atoms with Crippen molar-refractivity contribution in [1.29, 1.82) is 0 Å². The Morgan fingerprint density at radius 3 is 2.65 bits per heavy atom. The van der Waals surface area contributed by atoms with Crippen LogP contribution in [-0.4, -0.2) is 32.2 Å². The average molecular weight is 244 g/mol. The van der Waals surface area contributed by atoms with E-state index in [0.717, 1.165) is 25.8 Å². The van der Waals surface area contributed by atoms with E-state index in [4.69, 9.17) is 10.5 Å². The van der Waals surface area contributed by atoms with Crippen LogP contribution in [0.4, 0.5) is 0 Å². The maximum absolute atomic E-state index is 11.5. The van der Waals surface area contributed by atoms with Crippen molar-refractivity contribution in [2.75, 3.05) is 26.3 Å². The van der Waals surface area contributed by atoms with Gasteiger partial charge in [0.2, 0.25) is 5.91 Å². The standard InChI is InChI=1S/C13H28N2O2/c1-3-5-12(8-9-14)6-7-13(16)15-10-11-17-4-2/h12H,3-11,14H2,1-2H3,(H,15,16). The summed E-state index contributed by atoms with van der Waals surface area (Å²) < 4.78 is 5.16. The minimum atomic E-state index is 0.128. The molecule has 0 aromatic carbocycles. The van der Waals surface area contributed by atoms with Gasteiger partial charge in [-0.3, -0.25) is 4.79 Å². The van der Waals surface area contributed by atoms with Crippen LogP contribution in [0.5, 0.6) is 0 Å². The number of carbonyl (C=O) groups excluding carboxylic acids is 1. The first-order valence-corrected chi connectivity index (χ1v) is 6.79. The second kappa shape index (κ2) is 11.9. The molecule has 0 heterocycles. The zero-order valence-corrected chi connectivity index (χ0v) is 11.3. The van der Waals surface area contributed by atoms with Gasteiger partial charge < -0.3 is 15.8 Å². The van der Waals surface area contributed by atoms with Gasteiger partial charge in [-0.25, -0.2) is 0 Å². The first kappa shape index (κ1) is 16.4. The van der Waals surface area contributed by atoms with Gasteiger partial charge in [0.05, 0.1) is 6.61 Å². The number of hydrogen-bond acceptors (Lipinski definition) is 3. The second-order valence-corrected chi connectivity index (χ2v) is 4.32. The third-order valence-corrected chi connectivity index (χ3v) is 2.82. The van der Waals surface area contributed by atoms with Gasteiger partial charge in [-0.05, 0) is 32.2 Å². The smallest absolute Gasteiger partial charge is 0.220 e. The third-order valence-electron chi connectivity index (χ3n) is 2.82. The zero-order valence-electron chi connectivity index (χ0n) is 11.3. The lowest BCUT2D eigenvalue weighted by Crippen LogP contribution is -2.27. The highest BCUT2D eigenvalue weighted by Gasteiger charge is 2.09. The third kappa shape index (κ3) is 10.3. The van der Waals surface area contributed by atoms with E-state index in [1.54, 1.807) is 0 Å². The highest BCUT2D eigenvalue weighted by atomic mass is 16.5. The van der Waals surface area contributed by atoms with Crippen LogP contribution in [0.3, 0.4) is 0 Å². The van der Waals surface area contributed by atoms with Gasteiger partial charge in [-0.2, -0.15) is 0 Å². The normalized spacial score (nSPS) is 12.4. The molecule has 0 bridgehead atoms. The molecule has 1 atom stereocenters. The summed E-state index contributed by atoms with van der Waals surface area (Å²) in [5.41, 5.74) is 5.56. The molecular formula is C13H28N2O2. The fourth-order valence-corrected chi connectivity index (χ4v) is 1.91. The van der Waals surface area contributed by atoms with Gasteiger partial charge in [-0.15, -0.1) is 0 Å². The molecule has 0 saturated carbocycles. The summed E-state index contributed by atoms with van der Waals surface area (Å²) in [6, 6.07) is 0. The predicted molar refractivity (Wildman–Crippen MR) is 70.8 cm³/mol. The number of carbonyl (C=O) groups is 1. The van der Waals surface area contributed by atoms with Crippen molar-refractivity contribution in [1.82, 2.24) is 5.32 Å². The summed E-state index contributed by atoms with van der Waals surface area (Å²) in [7, 11) is 0. The van der Waals surface area contributed by atoms with E-state index in [1.807, 2.05) is 6.92 Å². The molecule has 4 heteroatoms. The van der Waals surface area contributed by atoms with E-state index in [-0.39, 0.29) is 5.91 Å². The fraction of sp³-hybridized carbons (Fsp3) is 0.923. The number of hydrogen-bond donors (Lipinski definition) is 2. The summed E-state index contributed by atoms with van der Waals surface area (Å²) >= 11 is 0. The van der Waals surface area contributed by atoms with Crippen LogP contribution in [0.25, 0.3) is 0 Å². The Balaban J connectivity index is 3.57. The van der Waals surface area contributed by atoms with Crippen LogP contribution in [0.2, 0.25) is 0 Å². The van der Waals surface area contributed by atoms with Gasteiger partial charge in [0.25, 0.3) is 0 Å². The quantitative estimate of drug-likeness (QED) is 0.544. The SMILES string of the molecule is CCCC(CCN)CCC(=O)NCCOCC. The van der Waals surface area contributed by atoms with Crippen molar-refractivity contribution in [2.45, 2.75) is 46.0 Å². The first-order chi connectivity index (χ1) is 8.24. The van der Waals surface area contributed by atoms with Crippen LogP contribution in [-0.2, 0) is 9.53 Å². The molecule has 17 heavy (non-hydrogen) atoms. The number of rotatable bonds is 11. The molecule has 0 aromatic heterocycles. The minimum absolute atomic E-state index is 0.128. The van der Waals surface area contributed by atoms with Gasteiger partial charge >= 0.3 is 0 Å². The van der Waals surface area contributed by atoms with Crippen LogP contribution in [0.1, 0.15) is 46.0 Å². The molecular weight excluding hydrogens is 216 g/mol. The molecule has 3 N–H and O–H groups in total. The average Bonchev–Trinajstić information content (AvgIpc) is 2.32. The molecule has 0 radical (unpaired) electrons. The largest absolute Gasteiger partial charge is 0.380 e. The summed E-state index contributed by atoms with van der Waals surface area (Å²) in [6.45, 7) is 6.75. The Morgan fingerprint density at radius 1 is 1.29 bits per heavy atom. The van der Waals surface area contributed by atoms with Crippen molar-refractivity contribution in [2.24, 2.45) is 11.7 Å². The Hall–Kier alpha value is -0.610. The Kier molecular flexibility index (Phi) is 11.4. The van der Waals surface area contributed by atoms with E-state index < -0.39 is 0 Å². The molecule has 0 aliphatic carbocycles. The van der Waals surface area contributed by atoms with Crippen LogP contribution >= 0.6 is 0 Å². The Morgan fingerprint density at radius 2 is 2.06 bits per heavy atom. The number of ether oxygens (including phenoxy) is 1. The molecule has 0 aliphatic rings. The number of amides is 1. The summed E-state index contributed by atoms with van der Waals surface area (Å²) in [4.78, 5) is 11.5. The van der Waals surface area contributed by atoms with E-state index in [1.165, 1.54) is 6.42 Å². The monoisotopic (exact) mass is 244 g/mol. The second-order valence-electron chi connectivity index (χ2n) is 4.32. The van der Waals surface area contributed by atoms with Crippen molar-refractivity contribution in [3.63, 3.8) is 0 Å². The molecule has 0 fully saturated rings. The molecule has 1 unspecified atom stereocenters. The van der Waals surface area contributed by atoms with E-state index in [0.29, 0.717) is 32.1 Å². The molecule has 0 aromatic rings. The molecule has 1 amide bonds. The van der Waals surface area contributed by atoms with Crippen LogP contribution < -0.4 is 11.1 Å². The molecule has 4 nitrogen and oxygen atoms in total. The van der Waals surface area contributed by atoms with Gasteiger partial charge in [-0.1, -0.05) is 19.8 Å². The number of nitrogens with one attached hydrogen (secondary N) is 1. The highest BCUT2D eigenvalue weighted by Crippen LogP contribution is 2.16. The van der Waals surface area contributed by atoms with Gasteiger partial charge in [0.15, 0.2) is 0 Å². The van der Waals surface area contributed by atoms with Crippen LogP contribution in [0, 0.1) is 5.92 Å². The van der Waals surface area contributed by atoms with Crippen LogP contribution in [0.15, 0.2) is 0 Å². The predicted octanol–water partition coefficient (Wildman–Crippen LogP) is 1.68. The Labute approximate surface area is 105 Å². The molecule has 0 saturated heterocycles. The molecule has 0 spiro atoms. The van der Waals surface area contributed by atoms with Gasteiger partial charge in [0.1, 0.15) is 0 Å². The lowest BCUT2D eigenvalue weighted by Gasteiger charge is -2.14. The first-order valence-electron chi connectivity index (χ1n) is 6.79. The van der Waals surface area contributed by atoms with Crippen molar-refractivity contribution >= 4 is 5.91 Å². The molecule has 0 rings (SSSR count). The lowest BCUT2D eigenvalue weighted by molar-refractivity contribution is -0.121. The van der Waals surface area contributed by atoms with E-state index >= 15 is 0 Å². The summed E-state index contributed by atoms with van der Waals surface area (Å²) in [6.07, 6.45) is 4.92. The fourth-order valence-electron chi connectivity index (χ4n) is 1.91. The molecule has 0 aliphatic heterocycles. The maximum Gasteiger partial charge on any atom is 0.220 e. The zero-order chi connectivity index (χ0) is 12.9. The van der Waals surface area contributed by atoms with Crippen molar-refractivity contribution < 1.29 is 9.53 Å². The van der Waals surface area contributed by atoms with Gasteiger partial charge in [0, 0.05) is 19.6 Å². The van der Waals surface area contributed by atoms with Crippen molar-refractivity contribution in [3.8, 4) is 0 Å².